The summed E-state index contributed by atoms with van der Waals surface area (Å²) in [7, 11) is 0. The van der Waals surface area contributed by atoms with Crippen LogP contribution in [0.1, 0.15) is 12.8 Å². The van der Waals surface area contributed by atoms with Crippen LogP contribution >= 0.6 is 0 Å². The van der Waals surface area contributed by atoms with E-state index in [1.165, 1.54) is 22.9 Å². The van der Waals surface area contributed by atoms with Gasteiger partial charge in [-0.05, 0) is 25.0 Å². The molecule has 2 amide bonds. The number of amides is 2. The second-order valence-electron chi connectivity index (χ2n) is 5.13. The van der Waals surface area contributed by atoms with E-state index >= 15 is 0 Å². The predicted molar refractivity (Wildman–Crippen MR) is 90.1 cm³/mol. The highest BCUT2D eigenvalue weighted by Crippen LogP contribution is 2.07. The maximum absolute atomic E-state index is 11.7. The molecule has 0 bridgehead atoms. The fraction of sp³-hybridized carbons (Fsp3) is 0.250. The zero-order chi connectivity index (χ0) is 17.4. The van der Waals surface area contributed by atoms with E-state index in [-0.39, 0.29) is 17.3 Å². The van der Waals surface area contributed by atoms with Gasteiger partial charge in [0.05, 0.1) is 11.1 Å². The molecule has 1 aromatic heterocycles. The molecule has 0 atom stereocenters. The summed E-state index contributed by atoms with van der Waals surface area (Å²) >= 11 is 0. The van der Waals surface area contributed by atoms with Gasteiger partial charge in [-0.2, -0.15) is 0 Å². The summed E-state index contributed by atoms with van der Waals surface area (Å²) in [5.41, 5.74) is 0.309. The van der Waals surface area contributed by atoms with Crippen molar-refractivity contribution in [3.8, 4) is 0 Å². The van der Waals surface area contributed by atoms with Crippen LogP contribution in [0.4, 0.5) is 16.2 Å². The molecule has 2 rings (SSSR count). The molecule has 0 saturated carbocycles. The number of nitrogens with one attached hydrogen (secondary N) is 2. The molecule has 0 radical (unpaired) electrons. The van der Waals surface area contributed by atoms with E-state index in [2.05, 4.69) is 10.6 Å². The lowest BCUT2D eigenvalue weighted by molar-refractivity contribution is -0.385. The molecule has 8 heteroatoms. The molecule has 0 aliphatic carbocycles. The van der Waals surface area contributed by atoms with Gasteiger partial charge in [0, 0.05) is 30.9 Å². The highest BCUT2D eigenvalue weighted by molar-refractivity contribution is 5.89. The normalized spacial score (nSPS) is 10.2. The SMILES string of the molecule is O=C(NCCCCn1cc([N+](=O)[O-])ccc1=O)Nc1ccccc1. The number of aromatic nitrogens is 1. The number of para-hydroxylation sites is 1. The molecule has 0 unspecified atom stereocenters. The van der Waals surface area contributed by atoms with E-state index in [1.54, 1.807) is 12.1 Å². The lowest BCUT2D eigenvalue weighted by Gasteiger charge is -2.08. The number of aryl methyl sites for hydroxylation is 1. The van der Waals surface area contributed by atoms with Crippen LogP contribution in [0, 0.1) is 10.1 Å². The van der Waals surface area contributed by atoms with Crippen molar-refractivity contribution in [2.24, 2.45) is 0 Å². The van der Waals surface area contributed by atoms with Crippen LogP contribution in [0.15, 0.2) is 53.5 Å². The molecule has 8 nitrogen and oxygen atoms in total. The van der Waals surface area contributed by atoms with Gasteiger partial charge in [-0.1, -0.05) is 18.2 Å². The van der Waals surface area contributed by atoms with Crippen LogP contribution in [0.5, 0.6) is 0 Å². The van der Waals surface area contributed by atoms with E-state index in [4.69, 9.17) is 0 Å². The molecule has 126 valence electrons. The molecule has 1 aromatic carbocycles. The lowest BCUT2D eigenvalue weighted by atomic mass is 10.3. The summed E-state index contributed by atoms with van der Waals surface area (Å²) in [6.07, 6.45) is 2.50. The number of urea groups is 1. The van der Waals surface area contributed by atoms with Gasteiger partial charge in [-0.15, -0.1) is 0 Å². The quantitative estimate of drug-likeness (QED) is 0.461. The zero-order valence-corrected chi connectivity index (χ0v) is 13.0. The average molecular weight is 330 g/mol. The van der Waals surface area contributed by atoms with Crippen molar-refractivity contribution in [2.75, 3.05) is 11.9 Å². The summed E-state index contributed by atoms with van der Waals surface area (Å²) in [4.78, 5) is 33.5. The molecule has 0 spiro atoms. The Hall–Kier alpha value is -3.16. The Labute approximate surface area is 138 Å². The van der Waals surface area contributed by atoms with Crippen molar-refractivity contribution in [3.05, 3.63) is 69.1 Å². The van der Waals surface area contributed by atoms with Crippen LogP contribution in [-0.2, 0) is 6.54 Å². The Morgan fingerprint density at radius 1 is 1.12 bits per heavy atom. The van der Waals surface area contributed by atoms with Crippen molar-refractivity contribution in [3.63, 3.8) is 0 Å². The van der Waals surface area contributed by atoms with E-state index in [1.807, 2.05) is 18.2 Å². The molecule has 2 N–H and O–H groups in total. The van der Waals surface area contributed by atoms with Gasteiger partial charge in [0.15, 0.2) is 0 Å². The third-order valence-corrected chi connectivity index (χ3v) is 3.32. The number of nitro groups is 1. The maximum Gasteiger partial charge on any atom is 0.319 e. The number of pyridine rings is 1. The molecule has 2 aromatic rings. The van der Waals surface area contributed by atoms with Gasteiger partial charge >= 0.3 is 6.03 Å². The van der Waals surface area contributed by atoms with Crippen molar-refractivity contribution in [1.82, 2.24) is 9.88 Å². The summed E-state index contributed by atoms with van der Waals surface area (Å²) in [5.74, 6) is 0. The minimum atomic E-state index is -0.536. The smallest absolute Gasteiger partial charge is 0.319 e. The molecule has 0 fully saturated rings. The van der Waals surface area contributed by atoms with Crippen molar-refractivity contribution >= 4 is 17.4 Å². The first-order chi connectivity index (χ1) is 11.6. The number of carbonyl (C=O) groups excluding carboxylic acids is 1. The fourth-order valence-corrected chi connectivity index (χ4v) is 2.11. The number of rotatable bonds is 7. The van der Waals surface area contributed by atoms with E-state index in [9.17, 15) is 19.7 Å². The number of carbonyl (C=O) groups is 1. The van der Waals surface area contributed by atoms with Crippen molar-refractivity contribution in [2.45, 2.75) is 19.4 Å². The predicted octanol–water partition coefficient (Wildman–Crippen LogP) is 2.36. The third kappa shape index (κ3) is 5.24. The minimum Gasteiger partial charge on any atom is -0.338 e. The summed E-state index contributed by atoms with van der Waals surface area (Å²) in [6.45, 7) is 0.810. The van der Waals surface area contributed by atoms with E-state index in [0.29, 0.717) is 31.6 Å². The highest BCUT2D eigenvalue weighted by atomic mass is 16.6. The number of benzene rings is 1. The van der Waals surface area contributed by atoms with Gasteiger partial charge in [-0.25, -0.2) is 4.79 Å². The Bertz CT molecular complexity index is 758. The van der Waals surface area contributed by atoms with Gasteiger partial charge in [0.25, 0.3) is 11.2 Å². The number of anilines is 1. The van der Waals surface area contributed by atoms with Gasteiger partial charge < -0.3 is 15.2 Å². The van der Waals surface area contributed by atoms with Gasteiger partial charge in [0.1, 0.15) is 0 Å². The number of nitrogens with zero attached hydrogens (tertiary/aromatic N) is 2. The standard InChI is InChI=1S/C16H18N4O4/c21-15-9-8-14(20(23)24)12-19(15)11-5-4-10-17-16(22)18-13-6-2-1-3-7-13/h1-3,6-9,12H,4-5,10-11H2,(H2,17,18,22). The highest BCUT2D eigenvalue weighted by Gasteiger charge is 2.07. The monoisotopic (exact) mass is 330 g/mol. The van der Waals surface area contributed by atoms with E-state index in [0.717, 1.165) is 0 Å². The molecule has 0 saturated heterocycles. The second kappa shape index (κ2) is 8.47. The summed E-state index contributed by atoms with van der Waals surface area (Å²) in [6, 6.07) is 11.2. The fourth-order valence-electron chi connectivity index (χ4n) is 2.11. The summed E-state index contributed by atoms with van der Waals surface area (Å²) in [5, 5.41) is 16.1. The van der Waals surface area contributed by atoms with Crippen LogP contribution in [0.25, 0.3) is 0 Å². The zero-order valence-electron chi connectivity index (χ0n) is 13.0. The van der Waals surface area contributed by atoms with E-state index < -0.39 is 4.92 Å². The first-order valence-corrected chi connectivity index (χ1v) is 7.51. The first-order valence-electron chi connectivity index (χ1n) is 7.51. The number of hydrogen-bond donors (Lipinski definition) is 2. The molecule has 24 heavy (non-hydrogen) atoms. The lowest BCUT2D eigenvalue weighted by Crippen LogP contribution is -2.29. The van der Waals surface area contributed by atoms with Crippen molar-refractivity contribution < 1.29 is 9.72 Å². The molecule has 1 heterocycles. The maximum atomic E-state index is 11.7. The number of unbranched alkanes of at least 4 members (excludes halogenated alkanes) is 1. The van der Waals surface area contributed by atoms with Crippen LogP contribution in [0.2, 0.25) is 0 Å². The molecular formula is C16H18N4O4. The molecular weight excluding hydrogens is 312 g/mol. The van der Waals surface area contributed by atoms with Crippen LogP contribution < -0.4 is 16.2 Å². The Kier molecular flexibility index (Phi) is 6.07. The molecule has 0 aliphatic heterocycles. The minimum absolute atomic E-state index is 0.116. The Morgan fingerprint density at radius 3 is 2.58 bits per heavy atom. The Balaban J connectivity index is 1.71. The molecule has 0 aliphatic rings. The number of hydrogen-bond acceptors (Lipinski definition) is 4. The van der Waals surface area contributed by atoms with Crippen LogP contribution in [-0.4, -0.2) is 22.1 Å². The van der Waals surface area contributed by atoms with Crippen LogP contribution in [0.3, 0.4) is 0 Å². The first kappa shape index (κ1) is 17.2. The van der Waals surface area contributed by atoms with Crippen molar-refractivity contribution in [1.29, 1.82) is 0 Å². The topological polar surface area (TPSA) is 106 Å². The third-order valence-electron chi connectivity index (χ3n) is 3.32. The van der Waals surface area contributed by atoms with Gasteiger partial charge in [-0.3, -0.25) is 14.9 Å². The Morgan fingerprint density at radius 2 is 1.88 bits per heavy atom. The largest absolute Gasteiger partial charge is 0.338 e. The van der Waals surface area contributed by atoms with Gasteiger partial charge in [0.2, 0.25) is 0 Å². The average Bonchev–Trinajstić information content (AvgIpc) is 2.56. The second-order valence-corrected chi connectivity index (χ2v) is 5.13. The summed E-state index contributed by atoms with van der Waals surface area (Å²) < 4.78 is 1.31.